The van der Waals surface area contributed by atoms with Gasteiger partial charge < -0.3 is 10.2 Å². The van der Waals surface area contributed by atoms with Gasteiger partial charge in [0.15, 0.2) is 0 Å². The molecule has 0 bridgehead atoms. The third-order valence-corrected chi connectivity index (χ3v) is 1.22. The second-order valence-electron chi connectivity index (χ2n) is 2.68. The molecule has 0 aromatic rings. The van der Waals surface area contributed by atoms with Crippen LogP contribution in [0.4, 0.5) is 0 Å². The van der Waals surface area contributed by atoms with E-state index in [0.29, 0.717) is 0 Å². The van der Waals surface area contributed by atoms with Crippen molar-refractivity contribution < 1.29 is 19.8 Å². The van der Waals surface area contributed by atoms with Crippen molar-refractivity contribution in [3.63, 3.8) is 0 Å². The molecule has 0 aliphatic heterocycles. The van der Waals surface area contributed by atoms with Crippen molar-refractivity contribution in [3.05, 3.63) is 0 Å². The SMILES string of the molecule is CC(C)(NCC(=O)O)C(=O)O.Cl. The van der Waals surface area contributed by atoms with Crippen molar-refractivity contribution in [2.45, 2.75) is 19.4 Å². The normalized spacial score (nSPS) is 10.2. The molecule has 0 amide bonds. The van der Waals surface area contributed by atoms with Crippen molar-refractivity contribution in [3.8, 4) is 0 Å². The molecule has 5 nitrogen and oxygen atoms in total. The van der Waals surface area contributed by atoms with Crippen LogP contribution < -0.4 is 5.32 Å². The summed E-state index contributed by atoms with van der Waals surface area (Å²) in [4.78, 5) is 20.4. The fourth-order valence-electron chi connectivity index (χ4n) is 0.372. The maximum Gasteiger partial charge on any atom is 0.323 e. The van der Waals surface area contributed by atoms with Gasteiger partial charge in [-0.15, -0.1) is 12.4 Å². The Kier molecular flexibility index (Phi) is 5.67. The lowest BCUT2D eigenvalue weighted by Gasteiger charge is -2.19. The van der Waals surface area contributed by atoms with Gasteiger partial charge in [-0.05, 0) is 13.8 Å². The zero-order valence-electron chi connectivity index (χ0n) is 6.83. The van der Waals surface area contributed by atoms with E-state index < -0.39 is 17.5 Å². The molecule has 0 atom stereocenters. The summed E-state index contributed by atoms with van der Waals surface area (Å²) in [7, 11) is 0. The summed E-state index contributed by atoms with van der Waals surface area (Å²) >= 11 is 0. The van der Waals surface area contributed by atoms with Crippen LogP contribution in [0.25, 0.3) is 0 Å². The standard InChI is InChI=1S/C6H11NO4.ClH/c1-6(2,5(10)11)7-3-4(8)9;/h7H,3H2,1-2H3,(H,8,9)(H,10,11);1H. The first-order valence-corrected chi connectivity index (χ1v) is 3.06. The topological polar surface area (TPSA) is 86.6 Å². The molecule has 6 heteroatoms. The summed E-state index contributed by atoms with van der Waals surface area (Å²) < 4.78 is 0. The van der Waals surface area contributed by atoms with Crippen molar-refractivity contribution in [1.29, 1.82) is 0 Å². The summed E-state index contributed by atoms with van der Waals surface area (Å²) in [5.41, 5.74) is -1.18. The first kappa shape index (κ1) is 13.8. The Morgan fingerprint density at radius 2 is 1.75 bits per heavy atom. The molecule has 0 radical (unpaired) electrons. The van der Waals surface area contributed by atoms with Crippen LogP contribution in [0, 0.1) is 0 Å². The van der Waals surface area contributed by atoms with Crippen LogP contribution in [0.15, 0.2) is 0 Å². The molecule has 0 aromatic heterocycles. The van der Waals surface area contributed by atoms with E-state index in [1.807, 2.05) is 0 Å². The Balaban J connectivity index is 0. The number of halogens is 1. The average Bonchev–Trinajstić information content (AvgIpc) is 1.84. The summed E-state index contributed by atoms with van der Waals surface area (Å²) in [6.45, 7) is 2.45. The number of rotatable bonds is 4. The first-order chi connectivity index (χ1) is 4.86. The molecule has 0 rings (SSSR count). The van der Waals surface area contributed by atoms with Gasteiger partial charge in [0.05, 0.1) is 6.54 Å². The van der Waals surface area contributed by atoms with Gasteiger partial charge in [0, 0.05) is 0 Å². The molecule has 0 unspecified atom stereocenters. The fraction of sp³-hybridized carbons (Fsp3) is 0.667. The van der Waals surface area contributed by atoms with Gasteiger partial charge in [0.1, 0.15) is 5.54 Å². The number of nitrogens with one attached hydrogen (secondary N) is 1. The van der Waals surface area contributed by atoms with E-state index in [-0.39, 0.29) is 19.0 Å². The largest absolute Gasteiger partial charge is 0.480 e. The van der Waals surface area contributed by atoms with Crippen LogP contribution in [0.1, 0.15) is 13.8 Å². The van der Waals surface area contributed by atoms with Crippen molar-refractivity contribution in [1.82, 2.24) is 5.32 Å². The lowest BCUT2D eigenvalue weighted by atomic mass is 10.1. The Morgan fingerprint density at radius 3 is 2.00 bits per heavy atom. The van der Waals surface area contributed by atoms with E-state index in [2.05, 4.69) is 5.32 Å². The zero-order valence-corrected chi connectivity index (χ0v) is 7.64. The molecule has 0 aromatic carbocycles. The quantitative estimate of drug-likeness (QED) is 0.588. The van der Waals surface area contributed by atoms with Crippen LogP contribution >= 0.6 is 12.4 Å². The maximum absolute atomic E-state index is 10.4. The Hall–Kier alpha value is -0.810. The molecule has 0 aliphatic rings. The minimum Gasteiger partial charge on any atom is -0.480 e. The summed E-state index contributed by atoms with van der Waals surface area (Å²) in [5.74, 6) is -2.14. The van der Waals surface area contributed by atoms with E-state index in [1.54, 1.807) is 0 Å². The number of hydrogen-bond donors (Lipinski definition) is 3. The number of carbonyl (C=O) groups is 2. The number of carboxylic acids is 2. The van der Waals surface area contributed by atoms with Crippen LogP contribution in [-0.2, 0) is 9.59 Å². The summed E-state index contributed by atoms with van der Waals surface area (Å²) in [5, 5.41) is 19.1. The van der Waals surface area contributed by atoms with E-state index in [9.17, 15) is 9.59 Å². The molecule has 0 saturated carbocycles. The monoisotopic (exact) mass is 197 g/mol. The van der Waals surface area contributed by atoms with Gasteiger partial charge in [-0.1, -0.05) is 0 Å². The number of hydrogen-bond acceptors (Lipinski definition) is 3. The molecule has 0 spiro atoms. The third kappa shape index (κ3) is 4.92. The Bertz CT molecular complexity index is 180. The third-order valence-electron chi connectivity index (χ3n) is 1.22. The zero-order chi connectivity index (χ0) is 9.07. The van der Waals surface area contributed by atoms with Gasteiger partial charge in [-0.2, -0.15) is 0 Å². The van der Waals surface area contributed by atoms with Crippen molar-refractivity contribution in [2.24, 2.45) is 0 Å². The van der Waals surface area contributed by atoms with Crippen molar-refractivity contribution >= 4 is 24.3 Å². The molecule has 12 heavy (non-hydrogen) atoms. The van der Waals surface area contributed by atoms with E-state index in [0.717, 1.165) is 0 Å². The number of aliphatic carboxylic acids is 2. The molecule has 0 heterocycles. The van der Waals surface area contributed by atoms with Crippen LogP contribution in [0.5, 0.6) is 0 Å². The lowest BCUT2D eigenvalue weighted by molar-refractivity contribution is -0.144. The second kappa shape index (κ2) is 4.95. The van der Waals surface area contributed by atoms with E-state index in [4.69, 9.17) is 10.2 Å². The molecule has 3 N–H and O–H groups in total. The van der Waals surface area contributed by atoms with Crippen LogP contribution in [-0.4, -0.2) is 34.2 Å². The molecule has 72 valence electrons. The minimum absolute atomic E-state index is 0. The second-order valence-corrected chi connectivity index (χ2v) is 2.68. The number of carboxylic acid groups (broad SMARTS) is 2. The molecule has 0 saturated heterocycles. The van der Waals surface area contributed by atoms with Crippen molar-refractivity contribution in [2.75, 3.05) is 6.54 Å². The lowest BCUT2D eigenvalue weighted by Crippen LogP contribution is -2.48. The Morgan fingerprint density at radius 1 is 1.33 bits per heavy atom. The highest BCUT2D eigenvalue weighted by molar-refractivity contribution is 5.85. The minimum atomic E-state index is -1.18. The van der Waals surface area contributed by atoms with E-state index in [1.165, 1.54) is 13.8 Å². The van der Waals surface area contributed by atoms with Crippen LogP contribution in [0.2, 0.25) is 0 Å². The summed E-state index contributed by atoms with van der Waals surface area (Å²) in [6.07, 6.45) is 0. The molecular formula is C6H12ClNO4. The van der Waals surface area contributed by atoms with Gasteiger partial charge >= 0.3 is 11.9 Å². The highest BCUT2D eigenvalue weighted by Crippen LogP contribution is 1.99. The average molecular weight is 198 g/mol. The molecule has 0 aliphatic carbocycles. The predicted molar refractivity (Wildman–Crippen MR) is 44.6 cm³/mol. The molecular weight excluding hydrogens is 186 g/mol. The molecule has 0 fully saturated rings. The van der Waals surface area contributed by atoms with Gasteiger partial charge in [-0.3, -0.25) is 14.9 Å². The predicted octanol–water partition coefficient (Wildman–Crippen LogP) is -0.0544. The first-order valence-electron chi connectivity index (χ1n) is 3.06. The van der Waals surface area contributed by atoms with Gasteiger partial charge in [0.2, 0.25) is 0 Å². The maximum atomic E-state index is 10.4. The fourth-order valence-corrected chi connectivity index (χ4v) is 0.372. The van der Waals surface area contributed by atoms with Gasteiger partial charge in [-0.25, -0.2) is 0 Å². The highest BCUT2D eigenvalue weighted by atomic mass is 35.5. The smallest absolute Gasteiger partial charge is 0.323 e. The Labute approximate surface area is 76.2 Å². The van der Waals surface area contributed by atoms with E-state index >= 15 is 0 Å². The highest BCUT2D eigenvalue weighted by Gasteiger charge is 2.26. The van der Waals surface area contributed by atoms with Crippen LogP contribution in [0.3, 0.4) is 0 Å². The van der Waals surface area contributed by atoms with Gasteiger partial charge in [0.25, 0.3) is 0 Å². The summed E-state index contributed by atoms with van der Waals surface area (Å²) in [6, 6.07) is 0.